The van der Waals surface area contributed by atoms with E-state index < -0.39 is 6.10 Å². The highest BCUT2D eigenvalue weighted by atomic mass is 16.6. The molecule has 0 saturated carbocycles. The largest absolute Gasteiger partial charge is 0.462 e. The lowest BCUT2D eigenvalue weighted by atomic mass is 10.0. The Morgan fingerprint density at radius 1 is 0.256 bits per heavy atom. The second-order valence-corrected chi connectivity index (χ2v) is 23.4. The van der Waals surface area contributed by atoms with Crippen LogP contribution in [0.2, 0.25) is 0 Å². The van der Waals surface area contributed by atoms with E-state index in [4.69, 9.17) is 14.2 Å². The van der Waals surface area contributed by atoms with Crippen molar-refractivity contribution in [3.05, 3.63) is 48.6 Å². The van der Waals surface area contributed by atoms with Gasteiger partial charge in [0.2, 0.25) is 0 Å². The molecule has 6 heteroatoms. The Morgan fingerprint density at radius 3 is 0.756 bits per heavy atom. The van der Waals surface area contributed by atoms with Crippen molar-refractivity contribution in [3.8, 4) is 0 Å². The fraction of sp³-hybridized carbons (Fsp3) is 0.847. The van der Waals surface area contributed by atoms with E-state index in [2.05, 4.69) is 69.4 Å². The van der Waals surface area contributed by atoms with Gasteiger partial charge < -0.3 is 14.2 Å². The third kappa shape index (κ3) is 64.2. The molecule has 0 aliphatic rings. The van der Waals surface area contributed by atoms with Crippen LogP contribution in [0.4, 0.5) is 0 Å². The van der Waals surface area contributed by atoms with Crippen molar-refractivity contribution in [1.82, 2.24) is 0 Å². The molecule has 0 rings (SSSR count). The first-order valence-electron chi connectivity index (χ1n) is 34.6. The lowest BCUT2D eigenvalue weighted by molar-refractivity contribution is -0.167. The van der Waals surface area contributed by atoms with Gasteiger partial charge in [-0.2, -0.15) is 0 Å². The van der Waals surface area contributed by atoms with Gasteiger partial charge in [-0.15, -0.1) is 0 Å². The van der Waals surface area contributed by atoms with Crippen LogP contribution in [0.5, 0.6) is 0 Å². The molecule has 0 spiro atoms. The molecular weight excluding hydrogens is 961 g/mol. The monoisotopic (exact) mass is 1090 g/mol. The van der Waals surface area contributed by atoms with Crippen LogP contribution in [0.25, 0.3) is 0 Å². The summed E-state index contributed by atoms with van der Waals surface area (Å²) in [6, 6.07) is 0. The number of rotatable bonds is 64. The first-order valence-corrected chi connectivity index (χ1v) is 34.6. The van der Waals surface area contributed by atoms with Crippen LogP contribution in [0.1, 0.15) is 374 Å². The number of hydrogen-bond acceptors (Lipinski definition) is 6. The van der Waals surface area contributed by atoms with Crippen molar-refractivity contribution in [2.24, 2.45) is 0 Å². The van der Waals surface area contributed by atoms with Crippen molar-refractivity contribution >= 4 is 17.9 Å². The Balaban J connectivity index is 4.19. The lowest BCUT2D eigenvalue weighted by Gasteiger charge is -2.18. The number of carbonyl (C=O) groups excluding carboxylic acids is 3. The number of carbonyl (C=O) groups is 3. The molecule has 0 amide bonds. The molecule has 0 bridgehead atoms. The van der Waals surface area contributed by atoms with E-state index in [-0.39, 0.29) is 31.1 Å². The highest BCUT2D eigenvalue weighted by molar-refractivity contribution is 5.71. The Kier molecular flexibility index (Phi) is 64.6. The van der Waals surface area contributed by atoms with Crippen LogP contribution in [0.3, 0.4) is 0 Å². The van der Waals surface area contributed by atoms with Crippen molar-refractivity contribution in [2.75, 3.05) is 13.2 Å². The molecule has 0 aromatic rings. The number of allylic oxidation sites excluding steroid dienone is 8. The van der Waals surface area contributed by atoms with E-state index in [1.165, 1.54) is 257 Å². The molecule has 0 saturated heterocycles. The molecule has 0 heterocycles. The Hall–Kier alpha value is -2.63. The normalized spacial score (nSPS) is 12.3. The van der Waals surface area contributed by atoms with Gasteiger partial charge in [0.05, 0.1) is 0 Å². The fourth-order valence-electron chi connectivity index (χ4n) is 10.3. The summed E-state index contributed by atoms with van der Waals surface area (Å²) in [5.41, 5.74) is 0. The van der Waals surface area contributed by atoms with Gasteiger partial charge in [-0.05, 0) is 83.5 Å². The average Bonchev–Trinajstić information content (AvgIpc) is 3.44. The van der Waals surface area contributed by atoms with Crippen LogP contribution in [-0.2, 0) is 28.6 Å². The van der Waals surface area contributed by atoms with E-state index in [9.17, 15) is 14.4 Å². The second kappa shape index (κ2) is 66.9. The highest BCUT2D eigenvalue weighted by Crippen LogP contribution is 2.18. The summed E-state index contributed by atoms with van der Waals surface area (Å²) in [6.07, 6.45) is 84.2. The summed E-state index contributed by atoms with van der Waals surface area (Å²) < 4.78 is 17.0. The number of esters is 3. The predicted molar refractivity (Wildman–Crippen MR) is 339 cm³/mol. The van der Waals surface area contributed by atoms with Crippen LogP contribution in [0, 0.1) is 0 Å². The Morgan fingerprint density at radius 2 is 0.462 bits per heavy atom. The maximum Gasteiger partial charge on any atom is 0.306 e. The lowest BCUT2D eigenvalue weighted by Crippen LogP contribution is -2.30. The van der Waals surface area contributed by atoms with Gasteiger partial charge in [0.1, 0.15) is 13.2 Å². The van der Waals surface area contributed by atoms with Crippen LogP contribution >= 0.6 is 0 Å². The number of ether oxygens (including phenoxy) is 3. The van der Waals surface area contributed by atoms with E-state index >= 15 is 0 Å². The zero-order valence-electron chi connectivity index (χ0n) is 52.5. The van der Waals surface area contributed by atoms with Gasteiger partial charge in [0.15, 0.2) is 6.10 Å². The third-order valence-corrected chi connectivity index (χ3v) is 15.6. The van der Waals surface area contributed by atoms with Crippen molar-refractivity contribution in [3.63, 3.8) is 0 Å². The molecule has 0 aromatic heterocycles. The molecule has 78 heavy (non-hydrogen) atoms. The van der Waals surface area contributed by atoms with Gasteiger partial charge >= 0.3 is 17.9 Å². The molecule has 0 aliphatic heterocycles. The topological polar surface area (TPSA) is 78.9 Å². The number of unbranched alkanes of at least 4 members (excludes halogenated alkanes) is 45. The van der Waals surface area contributed by atoms with E-state index in [0.717, 1.165) is 77.0 Å². The SMILES string of the molecule is CCCCC/C=C\CCCCCCCC(=O)OCC(COC(=O)CCCCCCCCCCCCCCCC/C=C\C/C=C\C/C=C\CCCCCCC)OC(=O)CCCCCCCCCCCCCCCCCCCCC. The smallest absolute Gasteiger partial charge is 0.306 e. The van der Waals surface area contributed by atoms with Crippen LogP contribution in [0.15, 0.2) is 48.6 Å². The van der Waals surface area contributed by atoms with Gasteiger partial charge in [-0.25, -0.2) is 0 Å². The predicted octanol–water partition coefficient (Wildman–Crippen LogP) is 23.7. The van der Waals surface area contributed by atoms with Crippen LogP contribution in [-0.4, -0.2) is 37.2 Å². The summed E-state index contributed by atoms with van der Waals surface area (Å²) >= 11 is 0. The van der Waals surface area contributed by atoms with Gasteiger partial charge in [-0.1, -0.05) is 320 Å². The summed E-state index contributed by atoms with van der Waals surface area (Å²) in [7, 11) is 0. The highest BCUT2D eigenvalue weighted by Gasteiger charge is 2.19. The van der Waals surface area contributed by atoms with E-state index in [1.54, 1.807) is 0 Å². The second-order valence-electron chi connectivity index (χ2n) is 23.4. The van der Waals surface area contributed by atoms with E-state index in [1.807, 2.05) is 0 Å². The Bertz CT molecular complexity index is 1350. The van der Waals surface area contributed by atoms with Crippen LogP contribution < -0.4 is 0 Å². The Labute approximate surface area is 486 Å². The van der Waals surface area contributed by atoms with Gasteiger partial charge in [-0.3, -0.25) is 14.4 Å². The summed E-state index contributed by atoms with van der Waals surface area (Å²) in [4.78, 5) is 38.3. The minimum atomic E-state index is -0.774. The molecule has 456 valence electrons. The van der Waals surface area contributed by atoms with Gasteiger partial charge in [0.25, 0.3) is 0 Å². The molecule has 0 aliphatic carbocycles. The average molecular weight is 1090 g/mol. The van der Waals surface area contributed by atoms with Crippen molar-refractivity contribution < 1.29 is 28.6 Å². The molecule has 0 fully saturated rings. The zero-order valence-corrected chi connectivity index (χ0v) is 52.5. The summed E-state index contributed by atoms with van der Waals surface area (Å²) in [5.74, 6) is -0.857. The van der Waals surface area contributed by atoms with E-state index in [0.29, 0.717) is 19.3 Å². The molecule has 1 atom stereocenters. The molecule has 6 nitrogen and oxygen atoms in total. The van der Waals surface area contributed by atoms with Gasteiger partial charge in [0, 0.05) is 19.3 Å². The fourth-order valence-corrected chi connectivity index (χ4v) is 10.3. The molecule has 1 unspecified atom stereocenters. The summed E-state index contributed by atoms with van der Waals surface area (Å²) in [5, 5.41) is 0. The zero-order chi connectivity index (χ0) is 56.4. The molecular formula is C72H132O6. The summed E-state index contributed by atoms with van der Waals surface area (Å²) in [6.45, 7) is 6.66. The van der Waals surface area contributed by atoms with Crippen molar-refractivity contribution in [1.29, 1.82) is 0 Å². The molecule has 0 aromatic carbocycles. The first kappa shape index (κ1) is 75.4. The standard InChI is InChI=1S/C72H132O6/c1-4-7-10-13-16-19-22-25-27-29-31-32-33-34-35-36-37-38-39-40-42-43-45-47-50-53-56-59-62-65-71(74)77-68-69(67-76-70(73)64-61-58-55-52-49-24-21-18-15-12-9-6-3)78-72(75)66-63-60-57-54-51-48-46-44-41-30-28-26-23-20-17-14-11-8-5-2/h18,21-22,25,29,31,33-34,69H,4-17,19-20,23-24,26-28,30,32,35-68H2,1-3H3/b21-18-,25-22-,31-29-,34-33-. The quantitative estimate of drug-likeness (QED) is 0.0261. The minimum Gasteiger partial charge on any atom is -0.462 e. The molecule has 0 N–H and O–H groups in total. The van der Waals surface area contributed by atoms with Crippen molar-refractivity contribution in [2.45, 2.75) is 380 Å². The minimum absolute atomic E-state index is 0.0714. The number of hydrogen-bond donors (Lipinski definition) is 0. The maximum atomic E-state index is 12.9. The molecule has 0 radical (unpaired) electrons. The maximum absolute atomic E-state index is 12.9. The first-order chi connectivity index (χ1) is 38.5. The third-order valence-electron chi connectivity index (χ3n) is 15.6.